The highest BCUT2D eigenvalue weighted by molar-refractivity contribution is 6.07. The lowest BCUT2D eigenvalue weighted by atomic mass is 9.99. The summed E-state index contributed by atoms with van der Waals surface area (Å²) in [4.78, 5) is 24.7. The van der Waals surface area contributed by atoms with Crippen molar-refractivity contribution in [3.63, 3.8) is 0 Å². The van der Waals surface area contributed by atoms with Crippen LogP contribution < -0.4 is 16.4 Å². The number of carbonyl (C=O) groups excluding carboxylic acids is 1. The van der Waals surface area contributed by atoms with Gasteiger partial charge in [0.05, 0.1) is 17.4 Å². The first-order valence-electron chi connectivity index (χ1n) is 10.1. The quantitative estimate of drug-likeness (QED) is 0.323. The summed E-state index contributed by atoms with van der Waals surface area (Å²) < 4.78 is 1.98. The van der Waals surface area contributed by atoms with Gasteiger partial charge in [0.15, 0.2) is 5.82 Å². The van der Waals surface area contributed by atoms with Crippen LogP contribution in [0.4, 0.5) is 5.82 Å². The molecule has 0 radical (unpaired) electrons. The highest BCUT2D eigenvalue weighted by atomic mass is 16.3. The van der Waals surface area contributed by atoms with E-state index in [1.54, 1.807) is 6.33 Å². The van der Waals surface area contributed by atoms with E-state index in [4.69, 9.17) is 5.73 Å². The number of anilines is 1. The molecule has 9 heteroatoms. The molecule has 0 aliphatic carbocycles. The number of hydrogen-bond acceptors (Lipinski definition) is 6. The Morgan fingerprint density at radius 1 is 1.35 bits per heavy atom. The van der Waals surface area contributed by atoms with Crippen molar-refractivity contribution in [2.24, 2.45) is 12.8 Å². The van der Waals surface area contributed by atoms with E-state index in [-0.39, 0.29) is 0 Å². The van der Waals surface area contributed by atoms with Gasteiger partial charge in [0, 0.05) is 31.7 Å². The average molecular weight is 422 g/mol. The third-order valence-electron chi connectivity index (χ3n) is 5.42. The van der Waals surface area contributed by atoms with Gasteiger partial charge in [-0.15, -0.1) is 0 Å². The van der Waals surface area contributed by atoms with Crippen molar-refractivity contribution in [2.45, 2.75) is 32.0 Å². The standard InChI is InChI=1S/C22H27N7O2/c1-22(2,31)18(23)21(30)25-10-12-6-5-7-13(8-12)15-9-14-17-16(26-11-29(17)4)20(24-3)28-19(14)27-15/h5-9,11,18,31H,10,23H2,1-4H3,(H,25,30)(H2,24,27,28)/t18-/m0/s1. The average Bonchev–Trinajstić information content (AvgIpc) is 3.34. The molecule has 3 heterocycles. The van der Waals surface area contributed by atoms with Crippen LogP contribution in [-0.4, -0.2) is 49.2 Å². The molecule has 6 N–H and O–H groups in total. The maximum Gasteiger partial charge on any atom is 0.240 e. The predicted molar refractivity (Wildman–Crippen MR) is 121 cm³/mol. The van der Waals surface area contributed by atoms with Crippen LogP contribution in [0.15, 0.2) is 36.7 Å². The molecule has 0 saturated heterocycles. The minimum Gasteiger partial charge on any atom is -0.388 e. The molecule has 0 aliphatic rings. The van der Waals surface area contributed by atoms with Crippen molar-refractivity contribution in [2.75, 3.05) is 12.4 Å². The van der Waals surface area contributed by atoms with Crippen LogP contribution in [0.1, 0.15) is 19.4 Å². The number of fused-ring (bicyclic) bond motifs is 3. The lowest BCUT2D eigenvalue weighted by Crippen LogP contribution is -2.53. The summed E-state index contributed by atoms with van der Waals surface area (Å²) in [7, 11) is 3.79. The first-order chi connectivity index (χ1) is 14.7. The molecule has 0 unspecified atom stereocenters. The number of aromatic amines is 1. The Morgan fingerprint density at radius 2 is 2.13 bits per heavy atom. The van der Waals surface area contributed by atoms with Crippen LogP contribution in [0.2, 0.25) is 0 Å². The van der Waals surface area contributed by atoms with Gasteiger partial charge in [0.1, 0.15) is 17.2 Å². The molecule has 0 bridgehead atoms. The number of aromatic nitrogens is 4. The Kier molecular flexibility index (Phi) is 5.16. The summed E-state index contributed by atoms with van der Waals surface area (Å²) in [5, 5.41) is 16.8. The number of aryl methyl sites for hydroxylation is 1. The molecule has 31 heavy (non-hydrogen) atoms. The molecule has 3 aromatic heterocycles. The van der Waals surface area contributed by atoms with E-state index in [1.165, 1.54) is 13.8 Å². The van der Waals surface area contributed by atoms with Crippen LogP contribution in [0, 0.1) is 0 Å². The Labute approximate surface area is 179 Å². The Hall–Kier alpha value is -3.43. The van der Waals surface area contributed by atoms with Gasteiger partial charge in [0.2, 0.25) is 5.91 Å². The fourth-order valence-corrected chi connectivity index (χ4v) is 3.60. The number of amides is 1. The molecule has 0 spiro atoms. The van der Waals surface area contributed by atoms with Crippen molar-refractivity contribution in [3.05, 3.63) is 42.2 Å². The number of nitrogens with zero attached hydrogens (tertiary/aromatic N) is 3. The molecule has 1 amide bonds. The van der Waals surface area contributed by atoms with E-state index in [0.29, 0.717) is 6.54 Å². The largest absolute Gasteiger partial charge is 0.388 e. The van der Waals surface area contributed by atoms with Crippen molar-refractivity contribution in [1.82, 2.24) is 24.8 Å². The second-order valence-corrected chi connectivity index (χ2v) is 8.26. The summed E-state index contributed by atoms with van der Waals surface area (Å²) >= 11 is 0. The van der Waals surface area contributed by atoms with E-state index in [1.807, 2.05) is 42.9 Å². The zero-order chi connectivity index (χ0) is 22.3. The summed E-state index contributed by atoms with van der Waals surface area (Å²) in [6.45, 7) is 3.34. The van der Waals surface area contributed by atoms with Gasteiger partial charge >= 0.3 is 0 Å². The number of carbonyl (C=O) groups is 1. The number of imidazole rings is 1. The topological polar surface area (TPSA) is 134 Å². The second kappa shape index (κ2) is 7.68. The Balaban J connectivity index is 1.64. The summed E-state index contributed by atoms with van der Waals surface area (Å²) in [5.74, 6) is 0.321. The molecule has 0 aliphatic heterocycles. The third kappa shape index (κ3) is 3.85. The fraction of sp³-hybridized carbons (Fsp3) is 0.318. The van der Waals surface area contributed by atoms with Gasteiger partial charge in [0.25, 0.3) is 0 Å². The van der Waals surface area contributed by atoms with E-state index in [9.17, 15) is 9.90 Å². The van der Waals surface area contributed by atoms with Gasteiger partial charge in [-0.25, -0.2) is 9.97 Å². The first kappa shape index (κ1) is 20.8. The molecule has 1 aromatic carbocycles. The molecule has 4 aromatic rings. The van der Waals surface area contributed by atoms with Crippen molar-refractivity contribution >= 4 is 33.8 Å². The van der Waals surface area contributed by atoms with E-state index in [0.717, 1.165) is 44.7 Å². The zero-order valence-electron chi connectivity index (χ0n) is 18.0. The normalized spacial score (nSPS) is 13.0. The fourth-order valence-electron chi connectivity index (χ4n) is 3.60. The number of H-pyrrole nitrogens is 1. The Bertz CT molecular complexity index is 1270. The van der Waals surface area contributed by atoms with Gasteiger partial charge in [-0.05, 0) is 37.1 Å². The van der Waals surface area contributed by atoms with Crippen LogP contribution in [-0.2, 0) is 18.4 Å². The molecule has 4 rings (SSSR count). The van der Waals surface area contributed by atoms with Crippen molar-refractivity contribution < 1.29 is 9.90 Å². The third-order valence-corrected chi connectivity index (χ3v) is 5.42. The number of nitrogens with one attached hydrogen (secondary N) is 3. The van der Waals surface area contributed by atoms with Gasteiger partial charge in [-0.3, -0.25) is 4.79 Å². The van der Waals surface area contributed by atoms with Crippen LogP contribution in [0.5, 0.6) is 0 Å². The second-order valence-electron chi connectivity index (χ2n) is 8.26. The lowest BCUT2D eigenvalue weighted by Gasteiger charge is -2.24. The molecule has 0 saturated carbocycles. The van der Waals surface area contributed by atoms with Gasteiger partial charge in [-0.1, -0.05) is 18.2 Å². The summed E-state index contributed by atoms with van der Waals surface area (Å²) in [6, 6.07) is 8.92. The smallest absolute Gasteiger partial charge is 0.240 e. The van der Waals surface area contributed by atoms with Crippen LogP contribution >= 0.6 is 0 Å². The molecule has 9 nitrogen and oxygen atoms in total. The molecular weight excluding hydrogens is 394 g/mol. The molecule has 0 fully saturated rings. The number of nitrogens with two attached hydrogens (primary N) is 1. The maximum absolute atomic E-state index is 12.2. The van der Waals surface area contributed by atoms with Gasteiger partial charge < -0.3 is 31.0 Å². The van der Waals surface area contributed by atoms with E-state index in [2.05, 4.69) is 31.7 Å². The predicted octanol–water partition coefficient (Wildman–Crippen LogP) is 1.87. The van der Waals surface area contributed by atoms with E-state index < -0.39 is 17.6 Å². The highest BCUT2D eigenvalue weighted by Crippen LogP contribution is 2.31. The summed E-state index contributed by atoms with van der Waals surface area (Å²) in [6.07, 6.45) is 1.78. The SMILES string of the molecule is CNc1nc2[nH]c(-c3cccc(CNC(=O)[C@H](N)C(C)(C)O)c3)cc2c2c1ncn2C. The minimum atomic E-state index is -1.29. The minimum absolute atomic E-state index is 0.310. The van der Waals surface area contributed by atoms with Crippen molar-refractivity contribution in [1.29, 1.82) is 0 Å². The van der Waals surface area contributed by atoms with Crippen LogP contribution in [0.25, 0.3) is 33.3 Å². The lowest BCUT2D eigenvalue weighted by molar-refractivity contribution is -0.127. The number of pyridine rings is 1. The molecule has 1 atom stereocenters. The summed E-state index contributed by atoms with van der Waals surface area (Å²) in [5.41, 5.74) is 9.92. The number of hydrogen-bond donors (Lipinski definition) is 5. The monoisotopic (exact) mass is 421 g/mol. The van der Waals surface area contributed by atoms with E-state index >= 15 is 0 Å². The molecule has 162 valence electrons. The van der Waals surface area contributed by atoms with Gasteiger partial charge in [-0.2, -0.15) is 0 Å². The molecular formula is C22H27N7O2. The number of rotatable bonds is 6. The van der Waals surface area contributed by atoms with Crippen molar-refractivity contribution in [3.8, 4) is 11.3 Å². The number of aliphatic hydroxyl groups is 1. The maximum atomic E-state index is 12.2. The number of benzene rings is 1. The van der Waals surface area contributed by atoms with Crippen LogP contribution in [0.3, 0.4) is 0 Å². The first-order valence-corrected chi connectivity index (χ1v) is 10.1. The Morgan fingerprint density at radius 3 is 2.84 bits per heavy atom. The highest BCUT2D eigenvalue weighted by Gasteiger charge is 2.29. The zero-order valence-corrected chi connectivity index (χ0v) is 18.0.